The molecule has 1 heterocycles. The Hall–Kier alpha value is -0.860. The van der Waals surface area contributed by atoms with E-state index in [1.165, 1.54) is 0 Å². The largest absolute Gasteiger partial charge is 0.265 e. The van der Waals surface area contributed by atoms with Crippen LogP contribution in [0.2, 0.25) is 0 Å². The summed E-state index contributed by atoms with van der Waals surface area (Å²) >= 11 is 0. The molecule has 0 aliphatic carbocycles. The molecule has 1 rings (SSSR count). The van der Waals surface area contributed by atoms with Gasteiger partial charge in [0.25, 0.3) is 0 Å². The fourth-order valence-electron chi connectivity index (χ4n) is 0.886. The predicted molar refractivity (Wildman–Crippen MR) is 48.0 cm³/mol. The van der Waals surface area contributed by atoms with E-state index >= 15 is 0 Å². The molecule has 0 aromatic carbocycles. The highest BCUT2D eigenvalue weighted by atomic mass is 15.3. The molecular formula is C8H15N3. The van der Waals surface area contributed by atoms with E-state index in [0.717, 1.165) is 24.5 Å². The molecule has 0 amide bonds. The lowest BCUT2D eigenvalue weighted by Gasteiger charge is -2.14. The van der Waals surface area contributed by atoms with Gasteiger partial charge in [-0.25, -0.2) is 0 Å². The molecule has 0 aromatic heterocycles. The van der Waals surface area contributed by atoms with Crippen LogP contribution < -0.4 is 5.43 Å². The van der Waals surface area contributed by atoms with E-state index < -0.39 is 0 Å². The summed E-state index contributed by atoms with van der Waals surface area (Å²) in [5.74, 6) is 1.46. The van der Waals surface area contributed by atoms with Crippen molar-refractivity contribution < 1.29 is 0 Å². The molecule has 1 aliphatic heterocycles. The second-order valence-corrected chi connectivity index (χ2v) is 3.00. The first kappa shape index (κ1) is 8.24. The first-order valence-corrected chi connectivity index (χ1v) is 4.09. The summed E-state index contributed by atoms with van der Waals surface area (Å²) in [6.45, 7) is 7.09. The zero-order valence-electron chi connectivity index (χ0n) is 7.39. The topological polar surface area (TPSA) is 36.8 Å². The van der Waals surface area contributed by atoms with Crippen LogP contribution >= 0.6 is 0 Å². The Labute approximate surface area is 67.6 Å². The number of hydrogen-bond acceptors (Lipinski definition) is 3. The van der Waals surface area contributed by atoms with Crippen molar-refractivity contribution in [3.63, 3.8) is 0 Å². The van der Waals surface area contributed by atoms with E-state index in [4.69, 9.17) is 0 Å². The molecule has 0 fully saturated rings. The molecule has 11 heavy (non-hydrogen) atoms. The zero-order chi connectivity index (χ0) is 8.27. The van der Waals surface area contributed by atoms with E-state index in [1.54, 1.807) is 0 Å². The van der Waals surface area contributed by atoms with Gasteiger partial charge in [-0.05, 0) is 6.42 Å². The SMILES string of the molecule is CCC1=NNC(C(C)C)=NC1. The van der Waals surface area contributed by atoms with Gasteiger partial charge in [0, 0.05) is 5.92 Å². The fraction of sp³-hybridized carbons (Fsp3) is 0.750. The van der Waals surface area contributed by atoms with Crippen molar-refractivity contribution in [1.29, 1.82) is 0 Å². The Morgan fingerprint density at radius 2 is 2.27 bits per heavy atom. The molecule has 1 aliphatic rings. The summed E-state index contributed by atoms with van der Waals surface area (Å²) < 4.78 is 0. The maximum Gasteiger partial charge on any atom is 0.120 e. The van der Waals surface area contributed by atoms with Gasteiger partial charge in [0.2, 0.25) is 0 Å². The van der Waals surface area contributed by atoms with Crippen LogP contribution in [0.3, 0.4) is 0 Å². The van der Waals surface area contributed by atoms with E-state index in [9.17, 15) is 0 Å². The molecule has 0 bridgehead atoms. The van der Waals surface area contributed by atoms with Crippen LogP contribution in [0.25, 0.3) is 0 Å². The number of rotatable bonds is 2. The molecule has 0 unspecified atom stereocenters. The Morgan fingerprint density at radius 1 is 1.55 bits per heavy atom. The van der Waals surface area contributed by atoms with E-state index in [2.05, 4.69) is 36.3 Å². The number of amidine groups is 1. The minimum Gasteiger partial charge on any atom is -0.265 e. The van der Waals surface area contributed by atoms with Crippen LogP contribution in [0.15, 0.2) is 10.1 Å². The van der Waals surface area contributed by atoms with Gasteiger partial charge in [0.05, 0.1) is 12.3 Å². The van der Waals surface area contributed by atoms with Gasteiger partial charge in [0.1, 0.15) is 5.84 Å². The van der Waals surface area contributed by atoms with E-state index in [0.29, 0.717) is 5.92 Å². The molecule has 3 heteroatoms. The third-order valence-electron chi connectivity index (χ3n) is 1.72. The van der Waals surface area contributed by atoms with Crippen LogP contribution in [-0.4, -0.2) is 18.1 Å². The first-order chi connectivity index (χ1) is 5.24. The lowest BCUT2D eigenvalue weighted by molar-refractivity contribution is 0.791. The summed E-state index contributed by atoms with van der Waals surface area (Å²) in [6.07, 6.45) is 0.988. The van der Waals surface area contributed by atoms with Gasteiger partial charge in [-0.3, -0.25) is 10.4 Å². The number of hydrogen-bond donors (Lipinski definition) is 1. The Kier molecular flexibility index (Phi) is 2.63. The van der Waals surface area contributed by atoms with Crippen LogP contribution in [0.4, 0.5) is 0 Å². The van der Waals surface area contributed by atoms with Crippen molar-refractivity contribution in [3.8, 4) is 0 Å². The van der Waals surface area contributed by atoms with Crippen molar-refractivity contribution in [3.05, 3.63) is 0 Å². The van der Waals surface area contributed by atoms with Gasteiger partial charge in [-0.1, -0.05) is 20.8 Å². The molecule has 0 saturated carbocycles. The summed E-state index contributed by atoms with van der Waals surface area (Å²) in [5.41, 5.74) is 4.09. The maximum atomic E-state index is 4.36. The summed E-state index contributed by atoms with van der Waals surface area (Å²) in [7, 11) is 0. The van der Waals surface area contributed by atoms with Gasteiger partial charge < -0.3 is 0 Å². The van der Waals surface area contributed by atoms with Crippen molar-refractivity contribution >= 4 is 11.5 Å². The third-order valence-corrected chi connectivity index (χ3v) is 1.72. The number of nitrogens with one attached hydrogen (secondary N) is 1. The number of nitrogens with zero attached hydrogens (tertiary/aromatic N) is 2. The Bertz CT molecular complexity index is 192. The van der Waals surface area contributed by atoms with Crippen LogP contribution in [0.5, 0.6) is 0 Å². The lowest BCUT2D eigenvalue weighted by atomic mass is 10.2. The molecule has 62 valence electrons. The minimum atomic E-state index is 0.456. The highest BCUT2D eigenvalue weighted by molar-refractivity contribution is 5.94. The summed E-state index contributed by atoms with van der Waals surface area (Å²) in [6, 6.07) is 0. The van der Waals surface area contributed by atoms with Crippen LogP contribution in [0, 0.1) is 5.92 Å². The molecule has 0 spiro atoms. The van der Waals surface area contributed by atoms with Crippen LogP contribution in [0.1, 0.15) is 27.2 Å². The second-order valence-electron chi connectivity index (χ2n) is 3.00. The summed E-state index contributed by atoms with van der Waals surface area (Å²) in [5, 5.41) is 4.19. The molecule has 0 radical (unpaired) electrons. The molecule has 1 N–H and O–H groups in total. The van der Waals surface area contributed by atoms with E-state index in [-0.39, 0.29) is 0 Å². The molecule has 0 atom stereocenters. The average Bonchev–Trinajstić information content (AvgIpc) is 2.05. The van der Waals surface area contributed by atoms with Crippen molar-refractivity contribution in [2.24, 2.45) is 16.0 Å². The minimum absolute atomic E-state index is 0.456. The Balaban J connectivity index is 2.50. The third kappa shape index (κ3) is 2.03. The van der Waals surface area contributed by atoms with Gasteiger partial charge >= 0.3 is 0 Å². The normalized spacial score (nSPS) is 17.5. The average molecular weight is 153 g/mol. The van der Waals surface area contributed by atoms with Gasteiger partial charge in [0.15, 0.2) is 0 Å². The highest BCUT2D eigenvalue weighted by Crippen LogP contribution is 2.00. The van der Waals surface area contributed by atoms with E-state index in [1.807, 2.05) is 0 Å². The highest BCUT2D eigenvalue weighted by Gasteiger charge is 2.08. The lowest BCUT2D eigenvalue weighted by Crippen LogP contribution is -2.30. The number of hydrazone groups is 1. The van der Waals surface area contributed by atoms with Crippen molar-refractivity contribution in [1.82, 2.24) is 5.43 Å². The fourth-order valence-corrected chi connectivity index (χ4v) is 0.886. The van der Waals surface area contributed by atoms with Crippen molar-refractivity contribution in [2.75, 3.05) is 6.54 Å². The molecular weight excluding hydrogens is 138 g/mol. The van der Waals surface area contributed by atoms with Crippen LogP contribution in [-0.2, 0) is 0 Å². The molecule has 0 saturated heterocycles. The number of aliphatic imine (C=N–C) groups is 1. The zero-order valence-corrected chi connectivity index (χ0v) is 7.39. The van der Waals surface area contributed by atoms with Gasteiger partial charge in [-0.15, -0.1) is 0 Å². The molecule has 0 aromatic rings. The molecule has 3 nitrogen and oxygen atoms in total. The standard InChI is InChI=1S/C8H15N3/c1-4-7-5-9-8(6(2)3)11-10-7/h6H,4-5H2,1-3H3,(H,9,11). The summed E-state index contributed by atoms with van der Waals surface area (Å²) in [4.78, 5) is 4.36. The quantitative estimate of drug-likeness (QED) is 0.639. The van der Waals surface area contributed by atoms with Crippen molar-refractivity contribution in [2.45, 2.75) is 27.2 Å². The van der Waals surface area contributed by atoms with Gasteiger partial charge in [-0.2, -0.15) is 5.10 Å². The smallest absolute Gasteiger partial charge is 0.120 e. The maximum absolute atomic E-state index is 4.36. The monoisotopic (exact) mass is 153 g/mol. The second kappa shape index (κ2) is 3.51. The Morgan fingerprint density at radius 3 is 2.64 bits per heavy atom. The predicted octanol–water partition coefficient (Wildman–Crippen LogP) is 1.41. The first-order valence-electron chi connectivity index (χ1n) is 4.09.